The van der Waals surface area contributed by atoms with Crippen LogP contribution < -0.4 is 11.1 Å². The highest BCUT2D eigenvalue weighted by Gasteiger charge is 2.14. The molecule has 2 aromatic rings. The number of rotatable bonds is 2. The van der Waals surface area contributed by atoms with Crippen molar-refractivity contribution in [2.24, 2.45) is 0 Å². The number of hydrogen-bond acceptors (Lipinski definition) is 3. The zero-order valence-corrected chi connectivity index (χ0v) is 15.3. The molecule has 1 aromatic heterocycles. The number of amides is 1. The van der Waals surface area contributed by atoms with Crippen molar-refractivity contribution in [2.75, 3.05) is 11.1 Å². The van der Waals surface area contributed by atoms with Crippen molar-refractivity contribution in [2.45, 2.75) is 6.92 Å². The molecule has 0 aliphatic heterocycles. The highest BCUT2D eigenvalue weighted by molar-refractivity contribution is 9.11. The fourth-order valence-corrected chi connectivity index (χ4v) is 4.74. The average Bonchev–Trinajstić information content (AvgIpc) is 2.64. The van der Waals surface area contributed by atoms with Gasteiger partial charge in [-0.15, -0.1) is 11.3 Å². The summed E-state index contributed by atoms with van der Waals surface area (Å²) in [6, 6.07) is 5.43. The minimum absolute atomic E-state index is 0.173. The molecule has 0 radical (unpaired) electrons. The summed E-state index contributed by atoms with van der Waals surface area (Å²) in [4.78, 5) is 13.7. The van der Waals surface area contributed by atoms with Gasteiger partial charge in [-0.05, 0) is 57.0 Å². The van der Waals surface area contributed by atoms with Gasteiger partial charge in [-0.2, -0.15) is 0 Å². The Kier molecular flexibility index (Phi) is 4.70. The molecule has 1 amide bonds. The molecule has 19 heavy (non-hydrogen) atoms. The van der Waals surface area contributed by atoms with Crippen molar-refractivity contribution in [1.29, 1.82) is 0 Å². The van der Waals surface area contributed by atoms with Crippen LogP contribution in [0, 0.1) is 6.92 Å². The maximum atomic E-state index is 12.2. The summed E-state index contributed by atoms with van der Waals surface area (Å²) in [5, 5.41) is 2.86. The number of halogens is 3. The van der Waals surface area contributed by atoms with Crippen LogP contribution in [0.4, 0.5) is 11.4 Å². The minimum atomic E-state index is -0.173. The molecule has 0 atom stereocenters. The number of nitrogens with two attached hydrogens (primary N) is 1. The van der Waals surface area contributed by atoms with Crippen molar-refractivity contribution in [3.63, 3.8) is 0 Å². The van der Waals surface area contributed by atoms with Gasteiger partial charge in [-0.25, -0.2) is 0 Å². The lowest BCUT2D eigenvalue weighted by Crippen LogP contribution is -2.11. The van der Waals surface area contributed by atoms with Crippen molar-refractivity contribution in [3.8, 4) is 0 Å². The SMILES string of the molecule is Cc1sc(C(=O)Nc2c(Br)cc(Br)cc2Br)cc1N. The van der Waals surface area contributed by atoms with Crippen LogP contribution in [-0.2, 0) is 0 Å². The van der Waals surface area contributed by atoms with E-state index in [0.717, 1.165) is 18.3 Å². The lowest BCUT2D eigenvalue weighted by molar-refractivity contribution is 0.103. The Morgan fingerprint density at radius 1 is 1.21 bits per heavy atom. The fraction of sp³-hybridized carbons (Fsp3) is 0.0833. The molecule has 7 heteroatoms. The van der Waals surface area contributed by atoms with E-state index in [4.69, 9.17) is 5.73 Å². The zero-order chi connectivity index (χ0) is 14.2. The van der Waals surface area contributed by atoms with Crippen LogP contribution in [0.2, 0.25) is 0 Å². The molecule has 0 spiro atoms. The maximum Gasteiger partial charge on any atom is 0.265 e. The van der Waals surface area contributed by atoms with E-state index in [1.54, 1.807) is 6.07 Å². The lowest BCUT2D eigenvalue weighted by atomic mass is 10.3. The molecule has 0 aliphatic carbocycles. The first kappa shape index (κ1) is 15.0. The normalized spacial score (nSPS) is 10.5. The number of nitrogen functional groups attached to an aromatic ring is 1. The predicted molar refractivity (Wildman–Crippen MR) is 91.0 cm³/mol. The Labute approximate surface area is 140 Å². The monoisotopic (exact) mass is 466 g/mol. The van der Waals surface area contributed by atoms with E-state index in [9.17, 15) is 4.79 Å². The Bertz CT molecular complexity index is 612. The van der Waals surface area contributed by atoms with Crippen LogP contribution in [0.3, 0.4) is 0 Å². The minimum Gasteiger partial charge on any atom is -0.398 e. The van der Waals surface area contributed by atoms with E-state index in [1.165, 1.54) is 11.3 Å². The number of carbonyl (C=O) groups excluding carboxylic acids is 1. The van der Waals surface area contributed by atoms with E-state index in [1.807, 2.05) is 19.1 Å². The standard InChI is InChI=1S/C12H9Br3N2OS/c1-5-9(16)4-10(19-5)12(18)17-11-7(14)2-6(13)3-8(11)15/h2-4H,16H2,1H3,(H,17,18). The Balaban J connectivity index is 2.29. The van der Waals surface area contributed by atoms with Crippen molar-refractivity contribution >= 4 is 76.4 Å². The van der Waals surface area contributed by atoms with Gasteiger partial charge in [0.1, 0.15) is 0 Å². The topological polar surface area (TPSA) is 55.1 Å². The number of benzene rings is 1. The third-order valence-corrected chi connectivity index (χ3v) is 5.20. The number of anilines is 2. The van der Waals surface area contributed by atoms with Crippen LogP contribution in [0.25, 0.3) is 0 Å². The summed E-state index contributed by atoms with van der Waals surface area (Å²) in [5.41, 5.74) is 7.09. The van der Waals surface area contributed by atoms with Crippen molar-refractivity contribution in [3.05, 3.63) is 41.4 Å². The number of hydrogen-bond donors (Lipinski definition) is 2. The second-order valence-electron chi connectivity index (χ2n) is 3.82. The van der Waals surface area contributed by atoms with E-state index in [2.05, 4.69) is 53.1 Å². The molecule has 100 valence electrons. The van der Waals surface area contributed by atoms with E-state index >= 15 is 0 Å². The van der Waals surface area contributed by atoms with E-state index in [-0.39, 0.29) is 5.91 Å². The maximum absolute atomic E-state index is 12.2. The number of aryl methyl sites for hydroxylation is 1. The summed E-state index contributed by atoms with van der Waals surface area (Å²) in [7, 11) is 0. The number of nitrogens with one attached hydrogen (secondary N) is 1. The molecule has 0 saturated carbocycles. The quantitative estimate of drug-likeness (QED) is 0.638. The van der Waals surface area contributed by atoms with Gasteiger partial charge in [0.25, 0.3) is 5.91 Å². The van der Waals surface area contributed by atoms with Gasteiger partial charge >= 0.3 is 0 Å². The summed E-state index contributed by atoms with van der Waals surface area (Å²) >= 11 is 11.6. The predicted octanol–water partition coefficient (Wildman–Crippen LogP) is 5.18. The first-order chi connectivity index (χ1) is 8.88. The molecular formula is C12H9Br3N2OS. The van der Waals surface area contributed by atoms with Crippen LogP contribution >= 0.6 is 59.1 Å². The molecule has 0 unspecified atom stereocenters. The number of carbonyl (C=O) groups is 1. The van der Waals surface area contributed by atoms with Crippen molar-refractivity contribution < 1.29 is 4.79 Å². The van der Waals surface area contributed by atoms with Gasteiger partial charge < -0.3 is 11.1 Å². The van der Waals surface area contributed by atoms with E-state index in [0.29, 0.717) is 16.3 Å². The Morgan fingerprint density at radius 3 is 2.26 bits per heavy atom. The Morgan fingerprint density at radius 2 is 1.79 bits per heavy atom. The first-order valence-electron chi connectivity index (χ1n) is 5.20. The molecule has 0 saturated heterocycles. The fourth-order valence-electron chi connectivity index (χ4n) is 1.44. The molecule has 0 bridgehead atoms. The van der Waals surface area contributed by atoms with Crippen LogP contribution in [-0.4, -0.2) is 5.91 Å². The Hall–Kier alpha value is -0.370. The van der Waals surface area contributed by atoms with Gasteiger partial charge in [0.05, 0.1) is 10.6 Å². The number of thiophene rings is 1. The highest BCUT2D eigenvalue weighted by Crippen LogP contribution is 2.35. The summed E-state index contributed by atoms with van der Waals surface area (Å²) in [6.45, 7) is 1.89. The molecule has 3 N–H and O–H groups in total. The van der Waals surface area contributed by atoms with Crippen LogP contribution in [0.1, 0.15) is 14.5 Å². The molecule has 0 fully saturated rings. The van der Waals surface area contributed by atoms with Gasteiger partial charge in [-0.1, -0.05) is 15.9 Å². The second kappa shape index (κ2) is 5.95. The van der Waals surface area contributed by atoms with Crippen LogP contribution in [0.5, 0.6) is 0 Å². The van der Waals surface area contributed by atoms with Gasteiger partial charge in [0, 0.05) is 24.0 Å². The highest BCUT2D eigenvalue weighted by atomic mass is 79.9. The smallest absolute Gasteiger partial charge is 0.265 e. The summed E-state index contributed by atoms with van der Waals surface area (Å²) in [5.74, 6) is -0.173. The van der Waals surface area contributed by atoms with Crippen molar-refractivity contribution in [1.82, 2.24) is 0 Å². The zero-order valence-electron chi connectivity index (χ0n) is 9.76. The molecule has 1 heterocycles. The summed E-state index contributed by atoms with van der Waals surface area (Å²) < 4.78 is 2.51. The van der Waals surface area contributed by atoms with E-state index < -0.39 is 0 Å². The summed E-state index contributed by atoms with van der Waals surface area (Å²) in [6.07, 6.45) is 0. The second-order valence-corrected chi connectivity index (χ2v) is 7.70. The third kappa shape index (κ3) is 3.39. The largest absolute Gasteiger partial charge is 0.398 e. The average molecular weight is 469 g/mol. The van der Waals surface area contributed by atoms with Crippen LogP contribution in [0.15, 0.2) is 31.6 Å². The van der Waals surface area contributed by atoms with Gasteiger partial charge in [-0.3, -0.25) is 4.79 Å². The third-order valence-electron chi connectivity index (χ3n) is 2.43. The molecule has 1 aromatic carbocycles. The van der Waals surface area contributed by atoms with Gasteiger partial charge in [0.2, 0.25) is 0 Å². The molecule has 0 aliphatic rings. The molecular weight excluding hydrogens is 460 g/mol. The first-order valence-corrected chi connectivity index (χ1v) is 8.40. The molecule has 2 rings (SSSR count). The van der Waals surface area contributed by atoms with Gasteiger partial charge in [0.15, 0.2) is 0 Å². The molecule has 3 nitrogen and oxygen atoms in total. The lowest BCUT2D eigenvalue weighted by Gasteiger charge is -2.09.